The lowest BCUT2D eigenvalue weighted by Crippen LogP contribution is -1.91. The fourth-order valence-electron chi connectivity index (χ4n) is 1.56. The minimum Gasteiger partial charge on any atom is -0.457 e. The van der Waals surface area contributed by atoms with Crippen molar-refractivity contribution in [3.05, 3.63) is 23.3 Å². The second-order valence-corrected chi connectivity index (χ2v) is 3.50. The van der Waals surface area contributed by atoms with E-state index in [1.807, 2.05) is 0 Å². The molecule has 14 heavy (non-hydrogen) atoms. The van der Waals surface area contributed by atoms with Gasteiger partial charge in [0.15, 0.2) is 0 Å². The van der Waals surface area contributed by atoms with Gasteiger partial charge in [-0.2, -0.15) is 0 Å². The number of rotatable bonds is 0. The highest BCUT2D eigenvalue weighted by Gasteiger charge is 2.10. The summed E-state index contributed by atoms with van der Waals surface area (Å²) in [6.45, 7) is 0.346. The van der Waals surface area contributed by atoms with Gasteiger partial charge in [-0.05, 0) is 31.3 Å². The van der Waals surface area contributed by atoms with Crippen LogP contribution < -0.4 is 0 Å². The molecule has 0 aromatic rings. The summed E-state index contributed by atoms with van der Waals surface area (Å²) in [5, 5.41) is 0. The standard InChI is InChI=1S/C12H12O2/c13-12-8-11(9-14-12)7-6-10-4-2-1-3-5-10/h4,8H,1-3,5,9H2. The summed E-state index contributed by atoms with van der Waals surface area (Å²) >= 11 is 0. The van der Waals surface area contributed by atoms with E-state index in [0.29, 0.717) is 6.61 Å². The fourth-order valence-corrected chi connectivity index (χ4v) is 1.56. The molecule has 0 atom stereocenters. The van der Waals surface area contributed by atoms with Gasteiger partial charge in [0.2, 0.25) is 0 Å². The lowest BCUT2D eigenvalue weighted by atomic mass is 10.00. The maximum atomic E-state index is 10.7. The van der Waals surface area contributed by atoms with Gasteiger partial charge in [0, 0.05) is 11.6 Å². The molecule has 0 N–H and O–H groups in total. The molecule has 2 rings (SSSR count). The topological polar surface area (TPSA) is 26.3 Å². The first-order valence-corrected chi connectivity index (χ1v) is 4.93. The van der Waals surface area contributed by atoms with Crippen LogP contribution in [0, 0.1) is 11.8 Å². The van der Waals surface area contributed by atoms with Crippen LogP contribution in [0.4, 0.5) is 0 Å². The minimum atomic E-state index is -0.271. The summed E-state index contributed by atoms with van der Waals surface area (Å²) in [6, 6.07) is 0. The smallest absolute Gasteiger partial charge is 0.332 e. The second-order valence-electron chi connectivity index (χ2n) is 3.50. The number of cyclic esters (lactones) is 1. The van der Waals surface area contributed by atoms with Crippen molar-refractivity contribution in [3.63, 3.8) is 0 Å². The molecule has 2 aliphatic rings. The second kappa shape index (κ2) is 4.15. The Morgan fingerprint density at radius 2 is 2.07 bits per heavy atom. The Balaban J connectivity index is 2.02. The van der Waals surface area contributed by atoms with Crippen molar-refractivity contribution >= 4 is 5.97 Å². The van der Waals surface area contributed by atoms with E-state index in [1.165, 1.54) is 24.5 Å². The highest BCUT2D eigenvalue weighted by atomic mass is 16.5. The van der Waals surface area contributed by atoms with Crippen LogP contribution in [0.15, 0.2) is 23.3 Å². The molecule has 0 saturated carbocycles. The zero-order chi connectivity index (χ0) is 9.80. The number of carbonyl (C=O) groups is 1. The number of esters is 1. The first-order chi connectivity index (χ1) is 6.84. The third kappa shape index (κ3) is 2.26. The number of hydrogen-bond acceptors (Lipinski definition) is 2. The molecule has 0 bridgehead atoms. The summed E-state index contributed by atoms with van der Waals surface area (Å²) in [5.74, 6) is 5.80. The molecule has 0 radical (unpaired) electrons. The van der Waals surface area contributed by atoms with E-state index in [9.17, 15) is 4.79 Å². The highest BCUT2D eigenvalue weighted by Crippen LogP contribution is 2.16. The Hall–Kier alpha value is -1.49. The quantitative estimate of drug-likeness (QED) is 0.429. The maximum absolute atomic E-state index is 10.7. The number of ether oxygens (including phenoxy) is 1. The van der Waals surface area contributed by atoms with Crippen LogP contribution in [-0.4, -0.2) is 12.6 Å². The van der Waals surface area contributed by atoms with Crippen LogP contribution in [0.3, 0.4) is 0 Å². The van der Waals surface area contributed by atoms with Crippen molar-refractivity contribution in [1.29, 1.82) is 0 Å². The van der Waals surface area contributed by atoms with Gasteiger partial charge in [0.25, 0.3) is 0 Å². The largest absolute Gasteiger partial charge is 0.457 e. The number of allylic oxidation sites excluding steroid dienone is 2. The Morgan fingerprint density at radius 3 is 2.71 bits per heavy atom. The molecule has 0 aromatic carbocycles. The van der Waals surface area contributed by atoms with E-state index in [1.54, 1.807) is 0 Å². The Labute approximate surface area is 83.6 Å². The van der Waals surface area contributed by atoms with Crippen molar-refractivity contribution in [1.82, 2.24) is 0 Å². The number of hydrogen-bond donors (Lipinski definition) is 0. The van der Waals surface area contributed by atoms with E-state index in [-0.39, 0.29) is 5.97 Å². The van der Waals surface area contributed by atoms with Gasteiger partial charge in [-0.25, -0.2) is 4.79 Å². The van der Waals surface area contributed by atoms with Crippen LogP contribution in [0.5, 0.6) is 0 Å². The predicted octanol–water partition coefficient (Wildman–Crippen LogP) is 1.97. The minimum absolute atomic E-state index is 0.271. The van der Waals surface area contributed by atoms with Gasteiger partial charge >= 0.3 is 5.97 Å². The third-order valence-corrected chi connectivity index (χ3v) is 2.34. The van der Waals surface area contributed by atoms with E-state index < -0.39 is 0 Å². The van der Waals surface area contributed by atoms with Crippen molar-refractivity contribution in [2.24, 2.45) is 0 Å². The lowest BCUT2D eigenvalue weighted by Gasteiger charge is -2.05. The lowest BCUT2D eigenvalue weighted by molar-refractivity contribution is -0.134. The van der Waals surface area contributed by atoms with Crippen molar-refractivity contribution in [3.8, 4) is 11.8 Å². The normalized spacial score (nSPS) is 20.4. The Kier molecular flexibility index (Phi) is 2.69. The molecule has 1 aliphatic carbocycles. The molecule has 2 nitrogen and oxygen atoms in total. The van der Waals surface area contributed by atoms with Crippen molar-refractivity contribution < 1.29 is 9.53 Å². The first kappa shape index (κ1) is 9.08. The summed E-state index contributed by atoms with van der Waals surface area (Å²) < 4.78 is 4.75. The zero-order valence-corrected chi connectivity index (χ0v) is 8.01. The molecular weight excluding hydrogens is 176 g/mol. The van der Waals surface area contributed by atoms with Crippen LogP contribution >= 0.6 is 0 Å². The molecule has 0 saturated heterocycles. The molecule has 0 aromatic heterocycles. The first-order valence-electron chi connectivity index (χ1n) is 4.93. The maximum Gasteiger partial charge on any atom is 0.332 e. The molecule has 1 aliphatic heterocycles. The van der Waals surface area contributed by atoms with Crippen LogP contribution in [0.25, 0.3) is 0 Å². The zero-order valence-electron chi connectivity index (χ0n) is 8.01. The predicted molar refractivity (Wildman–Crippen MR) is 53.4 cm³/mol. The molecule has 72 valence electrons. The van der Waals surface area contributed by atoms with Crippen LogP contribution in [-0.2, 0) is 9.53 Å². The average Bonchev–Trinajstić information content (AvgIpc) is 2.63. The number of carbonyl (C=O) groups excluding carboxylic acids is 1. The van der Waals surface area contributed by atoms with Crippen molar-refractivity contribution in [2.45, 2.75) is 25.7 Å². The van der Waals surface area contributed by atoms with Crippen LogP contribution in [0.2, 0.25) is 0 Å². The molecule has 0 unspecified atom stereocenters. The molecule has 0 fully saturated rings. The van der Waals surface area contributed by atoms with E-state index in [4.69, 9.17) is 4.74 Å². The van der Waals surface area contributed by atoms with E-state index >= 15 is 0 Å². The molecule has 0 spiro atoms. The third-order valence-electron chi connectivity index (χ3n) is 2.34. The fraction of sp³-hybridized carbons (Fsp3) is 0.417. The van der Waals surface area contributed by atoms with Gasteiger partial charge in [-0.1, -0.05) is 17.9 Å². The van der Waals surface area contributed by atoms with Gasteiger partial charge in [-0.3, -0.25) is 0 Å². The summed E-state index contributed by atoms with van der Waals surface area (Å²) in [6.07, 6.45) is 8.38. The van der Waals surface area contributed by atoms with Gasteiger partial charge in [-0.15, -0.1) is 0 Å². The molecule has 2 heteroatoms. The van der Waals surface area contributed by atoms with Crippen LogP contribution in [0.1, 0.15) is 25.7 Å². The summed E-state index contributed by atoms with van der Waals surface area (Å²) in [7, 11) is 0. The average molecular weight is 188 g/mol. The summed E-state index contributed by atoms with van der Waals surface area (Å²) in [5.41, 5.74) is 2.00. The highest BCUT2D eigenvalue weighted by molar-refractivity contribution is 5.86. The van der Waals surface area contributed by atoms with E-state index in [0.717, 1.165) is 18.4 Å². The Bertz CT molecular complexity index is 364. The monoisotopic (exact) mass is 188 g/mol. The SMILES string of the molecule is O=C1C=C(C#CC2=CCCCC2)CO1. The van der Waals surface area contributed by atoms with Crippen molar-refractivity contribution in [2.75, 3.05) is 6.61 Å². The molecule has 1 heterocycles. The Morgan fingerprint density at radius 1 is 1.21 bits per heavy atom. The molecular formula is C12H12O2. The van der Waals surface area contributed by atoms with Gasteiger partial charge in [0.1, 0.15) is 6.61 Å². The van der Waals surface area contributed by atoms with Gasteiger partial charge < -0.3 is 4.74 Å². The summed E-state index contributed by atoms with van der Waals surface area (Å²) in [4.78, 5) is 10.7. The van der Waals surface area contributed by atoms with E-state index in [2.05, 4.69) is 17.9 Å². The van der Waals surface area contributed by atoms with Gasteiger partial charge in [0.05, 0.1) is 0 Å². The molecule has 0 amide bonds.